The van der Waals surface area contributed by atoms with Crippen LogP contribution in [0.3, 0.4) is 0 Å². The first-order valence-corrected chi connectivity index (χ1v) is 9.88. The Hall–Kier alpha value is -1.71. The molecule has 0 radical (unpaired) electrons. The van der Waals surface area contributed by atoms with Gasteiger partial charge in [-0.1, -0.05) is 12.8 Å². The van der Waals surface area contributed by atoms with E-state index in [1.807, 2.05) is 4.90 Å². The molecule has 0 aromatic heterocycles. The van der Waals surface area contributed by atoms with Gasteiger partial charge in [0.15, 0.2) is 0 Å². The molecule has 1 heterocycles. The van der Waals surface area contributed by atoms with Crippen LogP contribution in [0, 0.1) is 10.1 Å². The number of ether oxygens (including phenoxy) is 1. The number of hydrogen-bond acceptors (Lipinski definition) is 6. The van der Waals surface area contributed by atoms with Crippen LogP contribution in [0.2, 0.25) is 0 Å². The number of nitro groups is 1. The molecule has 0 spiro atoms. The second kappa shape index (κ2) is 8.59. The quantitative estimate of drug-likeness (QED) is 0.583. The molecule has 1 aromatic carbocycles. The Balaban J connectivity index is 2.33. The minimum Gasteiger partial charge on any atom is -0.383 e. The van der Waals surface area contributed by atoms with Crippen molar-refractivity contribution < 1.29 is 18.1 Å². The lowest BCUT2D eigenvalue weighted by atomic mass is 10.2. The summed E-state index contributed by atoms with van der Waals surface area (Å²) in [4.78, 5) is 12.8. The van der Waals surface area contributed by atoms with E-state index in [4.69, 9.17) is 4.74 Å². The highest BCUT2D eigenvalue weighted by Gasteiger charge is 2.25. The lowest BCUT2D eigenvalue weighted by Gasteiger charge is -2.22. The first-order valence-electron chi connectivity index (χ1n) is 8.40. The summed E-state index contributed by atoms with van der Waals surface area (Å²) in [5.74, 6) is 0. The second-order valence-electron chi connectivity index (χ2n) is 6.29. The third-order valence-corrected chi connectivity index (χ3v) is 5.76. The zero-order chi connectivity index (χ0) is 18.4. The molecule has 0 bridgehead atoms. The Kier molecular flexibility index (Phi) is 6.74. The third kappa shape index (κ3) is 5.13. The highest BCUT2D eigenvalue weighted by molar-refractivity contribution is 7.89. The van der Waals surface area contributed by atoms with E-state index in [0.717, 1.165) is 44.8 Å². The minimum absolute atomic E-state index is 0.110. The van der Waals surface area contributed by atoms with Gasteiger partial charge >= 0.3 is 0 Å². The van der Waals surface area contributed by atoms with Gasteiger partial charge in [0.2, 0.25) is 10.0 Å². The predicted octanol–water partition coefficient (Wildman–Crippen LogP) is 2.29. The van der Waals surface area contributed by atoms with Gasteiger partial charge in [0.1, 0.15) is 5.69 Å². The van der Waals surface area contributed by atoms with E-state index in [0.29, 0.717) is 5.69 Å². The molecule has 1 aliphatic heterocycles. The summed E-state index contributed by atoms with van der Waals surface area (Å²) in [7, 11) is -2.37. The zero-order valence-electron chi connectivity index (χ0n) is 14.6. The van der Waals surface area contributed by atoms with Crippen molar-refractivity contribution in [3.8, 4) is 0 Å². The van der Waals surface area contributed by atoms with E-state index >= 15 is 0 Å². The van der Waals surface area contributed by atoms with Gasteiger partial charge in [0.05, 0.1) is 16.4 Å². The fraction of sp³-hybridized carbons (Fsp3) is 0.625. The van der Waals surface area contributed by atoms with Crippen molar-refractivity contribution in [1.82, 2.24) is 4.72 Å². The highest BCUT2D eigenvalue weighted by Crippen LogP contribution is 2.32. The van der Waals surface area contributed by atoms with E-state index in [-0.39, 0.29) is 17.2 Å². The van der Waals surface area contributed by atoms with Crippen LogP contribution in [-0.2, 0) is 14.8 Å². The van der Waals surface area contributed by atoms with E-state index < -0.39 is 21.0 Å². The second-order valence-corrected chi connectivity index (χ2v) is 8.00. The SMILES string of the molecule is COC[C@H](C)NS(=O)(=O)c1ccc(N2CCCCCC2)c([N+](=O)[O-])c1. The average molecular weight is 371 g/mol. The number of sulfonamides is 1. The van der Waals surface area contributed by atoms with Crippen LogP contribution in [0.5, 0.6) is 0 Å². The molecule has 1 N–H and O–H groups in total. The fourth-order valence-electron chi connectivity index (χ4n) is 3.01. The van der Waals surface area contributed by atoms with Crippen molar-refractivity contribution in [3.63, 3.8) is 0 Å². The minimum atomic E-state index is -3.85. The molecule has 1 aromatic rings. The Morgan fingerprint density at radius 1 is 1.28 bits per heavy atom. The maximum absolute atomic E-state index is 12.4. The highest BCUT2D eigenvalue weighted by atomic mass is 32.2. The van der Waals surface area contributed by atoms with E-state index in [1.165, 1.54) is 13.2 Å². The molecule has 0 saturated carbocycles. The Labute approximate surface area is 148 Å². The molecule has 1 atom stereocenters. The van der Waals surface area contributed by atoms with E-state index in [1.54, 1.807) is 13.0 Å². The summed E-state index contributed by atoms with van der Waals surface area (Å²) in [6.07, 6.45) is 4.18. The summed E-state index contributed by atoms with van der Waals surface area (Å²) in [6.45, 7) is 3.38. The van der Waals surface area contributed by atoms with Gasteiger partial charge in [-0.3, -0.25) is 10.1 Å². The summed E-state index contributed by atoms with van der Waals surface area (Å²) < 4.78 is 32.2. The molecule has 1 aliphatic rings. The molecule has 9 heteroatoms. The van der Waals surface area contributed by atoms with Crippen LogP contribution >= 0.6 is 0 Å². The van der Waals surface area contributed by atoms with Gasteiger partial charge in [-0.25, -0.2) is 13.1 Å². The molecule has 25 heavy (non-hydrogen) atoms. The van der Waals surface area contributed by atoms with Crippen molar-refractivity contribution >= 4 is 21.4 Å². The Morgan fingerprint density at radius 3 is 2.48 bits per heavy atom. The first kappa shape index (κ1) is 19.6. The number of rotatable bonds is 7. The lowest BCUT2D eigenvalue weighted by Crippen LogP contribution is -2.35. The van der Waals surface area contributed by atoms with Crippen LogP contribution in [0.4, 0.5) is 11.4 Å². The van der Waals surface area contributed by atoms with Gasteiger partial charge in [0.25, 0.3) is 5.69 Å². The van der Waals surface area contributed by atoms with Gasteiger partial charge in [-0.05, 0) is 31.9 Å². The maximum Gasteiger partial charge on any atom is 0.293 e. The molecule has 0 aliphatic carbocycles. The topological polar surface area (TPSA) is 102 Å². The van der Waals surface area contributed by atoms with Crippen LogP contribution < -0.4 is 9.62 Å². The van der Waals surface area contributed by atoms with Crippen LogP contribution in [-0.4, -0.2) is 46.2 Å². The molecule has 0 unspecified atom stereocenters. The average Bonchev–Trinajstić information content (AvgIpc) is 2.83. The lowest BCUT2D eigenvalue weighted by molar-refractivity contribution is -0.384. The van der Waals surface area contributed by atoms with Gasteiger partial charge in [-0.2, -0.15) is 0 Å². The summed E-state index contributed by atoms with van der Waals surface area (Å²) >= 11 is 0. The molecule has 1 saturated heterocycles. The Bertz CT molecular complexity index is 700. The molecule has 0 amide bonds. The van der Waals surface area contributed by atoms with Crippen molar-refractivity contribution in [2.45, 2.75) is 43.5 Å². The van der Waals surface area contributed by atoms with Crippen LogP contribution in [0.15, 0.2) is 23.1 Å². The van der Waals surface area contributed by atoms with Crippen molar-refractivity contribution in [2.75, 3.05) is 31.7 Å². The third-order valence-electron chi connectivity index (χ3n) is 4.17. The fourth-order valence-corrected chi connectivity index (χ4v) is 4.26. The van der Waals surface area contributed by atoms with Crippen LogP contribution in [0.1, 0.15) is 32.6 Å². The number of nitrogens with zero attached hydrogens (tertiary/aromatic N) is 2. The van der Waals surface area contributed by atoms with Crippen molar-refractivity contribution in [3.05, 3.63) is 28.3 Å². The van der Waals surface area contributed by atoms with Gasteiger partial charge < -0.3 is 9.64 Å². The standard InChI is InChI=1S/C16H25N3O5S/c1-13(12-24-2)17-25(22,23)14-7-8-15(16(11-14)19(20)21)18-9-5-3-4-6-10-18/h7-8,11,13,17H,3-6,9-10,12H2,1-2H3/t13-/m0/s1. The zero-order valence-corrected chi connectivity index (χ0v) is 15.4. The van der Waals surface area contributed by atoms with Crippen molar-refractivity contribution in [2.24, 2.45) is 0 Å². The van der Waals surface area contributed by atoms with E-state index in [2.05, 4.69) is 4.72 Å². The number of hydrogen-bond donors (Lipinski definition) is 1. The maximum atomic E-state index is 12.4. The summed E-state index contributed by atoms with van der Waals surface area (Å²) in [6, 6.07) is 3.68. The smallest absolute Gasteiger partial charge is 0.293 e. The van der Waals surface area contributed by atoms with E-state index in [9.17, 15) is 18.5 Å². The van der Waals surface area contributed by atoms with Gasteiger partial charge in [0, 0.05) is 32.3 Å². The monoisotopic (exact) mass is 371 g/mol. The molecule has 1 fully saturated rings. The number of benzene rings is 1. The molecule has 140 valence electrons. The normalized spacial score (nSPS) is 17.1. The predicted molar refractivity (Wildman–Crippen MR) is 95.4 cm³/mol. The van der Waals surface area contributed by atoms with Crippen molar-refractivity contribution in [1.29, 1.82) is 0 Å². The Morgan fingerprint density at radius 2 is 1.92 bits per heavy atom. The van der Waals surface area contributed by atoms with Crippen LogP contribution in [0.25, 0.3) is 0 Å². The molecule has 2 rings (SSSR count). The molecular formula is C16H25N3O5S. The summed E-state index contributed by atoms with van der Waals surface area (Å²) in [5.41, 5.74) is 0.306. The van der Waals surface area contributed by atoms with Gasteiger partial charge in [-0.15, -0.1) is 0 Å². The molecular weight excluding hydrogens is 346 g/mol. The number of nitrogens with one attached hydrogen (secondary N) is 1. The number of nitro benzene ring substituents is 1. The first-order chi connectivity index (χ1) is 11.8. The summed E-state index contributed by atoms with van der Waals surface area (Å²) in [5, 5.41) is 11.5. The number of methoxy groups -OCH3 is 1. The molecule has 8 nitrogen and oxygen atoms in total. The number of anilines is 1. The largest absolute Gasteiger partial charge is 0.383 e.